The van der Waals surface area contributed by atoms with Crippen molar-refractivity contribution in [3.8, 4) is 0 Å². The van der Waals surface area contributed by atoms with E-state index in [1.54, 1.807) is 17.0 Å². The van der Waals surface area contributed by atoms with Gasteiger partial charge in [-0.1, -0.05) is 30.3 Å². The molecule has 2 amide bonds. The molecule has 0 spiro atoms. The minimum Gasteiger partial charge on any atom is -0.334 e. The van der Waals surface area contributed by atoms with Crippen LogP contribution in [0.25, 0.3) is 10.2 Å². The van der Waals surface area contributed by atoms with Crippen molar-refractivity contribution in [3.05, 3.63) is 87.7 Å². The lowest BCUT2D eigenvalue weighted by Gasteiger charge is -2.25. The average molecular weight is 485 g/mol. The van der Waals surface area contributed by atoms with Crippen molar-refractivity contribution in [1.82, 2.24) is 14.9 Å². The van der Waals surface area contributed by atoms with Crippen LogP contribution in [0.15, 0.2) is 54.6 Å². The van der Waals surface area contributed by atoms with Crippen LogP contribution in [0.2, 0.25) is 0 Å². The summed E-state index contributed by atoms with van der Waals surface area (Å²) in [5.41, 5.74) is 4.12. The number of aryl methyl sites for hydroxylation is 2. The van der Waals surface area contributed by atoms with Gasteiger partial charge in [-0.25, -0.2) is 9.97 Å². The first-order chi connectivity index (χ1) is 16.8. The molecule has 35 heavy (non-hydrogen) atoms. The summed E-state index contributed by atoms with van der Waals surface area (Å²) in [4.78, 5) is 39.0. The molecule has 4 aromatic rings. The number of amides is 2. The number of thiophene rings is 1. The predicted octanol–water partition coefficient (Wildman–Crippen LogP) is 6.27. The number of aromatic nitrogens is 2. The summed E-state index contributed by atoms with van der Waals surface area (Å²) < 4.78 is 0. The number of carbonyl (C=O) groups is 2. The van der Waals surface area contributed by atoms with Gasteiger partial charge in [-0.15, -0.1) is 11.3 Å². The summed E-state index contributed by atoms with van der Waals surface area (Å²) in [5.74, 6) is 1.18. The maximum Gasteiger partial charge on any atom is 0.264 e. The molecule has 1 N–H and O–H groups in total. The molecule has 7 heteroatoms. The molecule has 0 aliphatic heterocycles. The molecule has 1 fully saturated rings. The van der Waals surface area contributed by atoms with Gasteiger partial charge in [-0.2, -0.15) is 0 Å². The van der Waals surface area contributed by atoms with Crippen LogP contribution in [0, 0.1) is 13.8 Å². The molecule has 1 aliphatic rings. The van der Waals surface area contributed by atoms with Crippen molar-refractivity contribution < 1.29 is 9.59 Å². The Labute approximate surface area is 209 Å². The number of rotatable bonds is 6. The van der Waals surface area contributed by atoms with Crippen LogP contribution >= 0.6 is 11.3 Å². The lowest BCUT2D eigenvalue weighted by atomic mass is 10.1. The molecule has 2 aromatic heterocycles. The van der Waals surface area contributed by atoms with E-state index in [0.717, 1.165) is 45.7 Å². The summed E-state index contributed by atoms with van der Waals surface area (Å²) in [6.45, 7) is 5.98. The van der Waals surface area contributed by atoms with Crippen molar-refractivity contribution in [3.63, 3.8) is 0 Å². The van der Waals surface area contributed by atoms with E-state index in [2.05, 4.69) is 5.32 Å². The normalized spacial score (nSPS) is 14.1. The maximum absolute atomic E-state index is 13.6. The fourth-order valence-corrected chi connectivity index (χ4v) is 5.54. The Morgan fingerprint density at radius 2 is 1.80 bits per heavy atom. The van der Waals surface area contributed by atoms with Crippen molar-refractivity contribution in [2.24, 2.45) is 0 Å². The maximum atomic E-state index is 13.6. The van der Waals surface area contributed by atoms with Gasteiger partial charge in [0.15, 0.2) is 0 Å². The van der Waals surface area contributed by atoms with Gasteiger partial charge in [0.05, 0.1) is 16.6 Å². The fourth-order valence-electron chi connectivity index (χ4n) is 4.32. The average Bonchev–Trinajstić information content (AvgIpc) is 3.66. The van der Waals surface area contributed by atoms with Crippen LogP contribution in [0.4, 0.5) is 5.69 Å². The second-order valence-electron chi connectivity index (χ2n) is 9.22. The number of hydrogen-bond acceptors (Lipinski definition) is 5. The SMILES string of the molecule is Cc1nc(C2CC2)nc2sc(C(=O)N(C)C(C)c3cccc(NC(=O)c4ccccc4)c3)c(C)c12. The number of anilines is 1. The minimum atomic E-state index is -0.185. The van der Waals surface area contributed by atoms with Gasteiger partial charge in [0.1, 0.15) is 10.7 Å². The van der Waals surface area contributed by atoms with Crippen molar-refractivity contribution in [2.75, 3.05) is 12.4 Å². The molecule has 5 rings (SSSR count). The lowest BCUT2D eigenvalue weighted by Crippen LogP contribution is -2.29. The Hall–Kier alpha value is -3.58. The summed E-state index contributed by atoms with van der Waals surface area (Å²) in [5, 5.41) is 3.95. The third-order valence-electron chi connectivity index (χ3n) is 6.69. The van der Waals surface area contributed by atoms with E-state index in [9.17, 15) is 9.59 Å². The van der Waals surface area contributed by atoms with E-state index in [1.807, 2.05) is 70.3 Å². The highest BCUT2D eigenvalue weighted by Crippen LogP contribution is 2.40. The van der Waals surface area contributed by atoms with E-state index in [0.29, 0.717) is 22.0 Å². The zero-order chi connectivity index (χ0) is 24.7. The van der Waals surface area contributed by atoms with Crippen molar-refractivity contribution in [2.45, 2.75) is 45.6 Å². The van der Waals surface area contributed by atoms with E-state index >= 15 is 0 Å². The predicted molar refractivity (Wildman–Crippen MR) is 140 cm³/mol. The Morgan fingerprint density at radius 1 is 1.06 bits per heavy atom. The van der Waals surface area contributed by atoms with Gasteiger partial charge in [0, 0.05) is 29.6 Å². The molecule has 2 heterocycles. The second-order valence-corrected chi connectivity index (χ2v) is 10.2. The van der Waals surface area contributed by atoms with E-state index in [-0.39, 0.29) is 17.9 Å². The molecule has 0 radical (unpaired) electrons. The van der Waals surface area contributed by atoms with Gasteiger partial charge in [-0.3, -0.25) is 9.59 Å². The highest BCUT2D eigenvalue weighted by molar-refractivity contribution is 7.20. The highest BCUT2D eigenvalue weighted by Gasteiger charge is 2.29. The first-order valence-corrected chi connectivity index (χ1v) is 12.7. The third-order valence-corrected chi connectivity index (χ3v) is 7.86. The van der Waals surface area contributed by atoms with Gasteiger partial charge in [0.25, 0.3) is 11.8 Å². The smallest absolute Gasteiger partial charge is 0.264 e. The molecular weight excluding hydrogens is 456 g/mol. The van der Waals surface area contributed by atoms with Crippen LogP contribution in [0.1, 0.15) is 74.4 Å². The molecule has 1 unspecified atom stereocenters. The van der Waals surface area contributed by atoms with E-state index < -0.39 is 0 Å². The fraction of sp³-hybridized carbons (Fsp3) is 0.286. The largest absolute Gasteiger partial charge is 0.334 e. The molecule has 1 saturated carbocycles. The zero-order valence-electron chi connectivity index (χ0n) is 20.3. The number of carbonyl (C=O) groups excluding carboxylic acids is 2. The van der Waals surface area contributed by atoms with Gasteiger partial charge >= 0.3 is 0 Å². The first-order valence-electron chi connectivity index (χ1n) is 11.8. The van der Waals surface area contributed by atoms with Crippen LogP contribution < -0.4 is 5.32 Å². The van der Waals surface area contributed by atoms with Gasteiger partial charge in [0.2, 0.25) is 0 Å². The number of nitrogens with zero attached hydrogens (tertiary/aromatic N) is 3. The highest BCUT2D eigenvalue weighted by atomic mass is 32.1. The number of benzene rings is 2. The number of fused-ring (bicyclic) bond motifs is 1. The molecule has 1 aliphatic carbocycles. The van der Waals surface area contributed by atoms with Crippen LogP contribution in [-0.4, -0.2) is 33.7 Å². The summed E-state index contributed by atoms with van der Waals surface area (Å²) in [7, 11) is 1.82. The minimum absolute atomic E-state index is 0.0379. The summed E-state index contributed by atoms with van der Waals surface area (Å²) in [6, 6.07) is 16.6. The molecular formula is C28H28N4O2S. The Kier molecular flexibility index (Phi) is 6.11. The monoisotopic (exact) mass is 484 g/mol. The molecule has 2 aromatic carbocycles. The standard InChI is InChI=1S/C28H28N4O2S/c1-16-23-17(2)29-25(19-13-14-19)31-27(23)35-24(16)28(34)32(4)18(3)21-11-8-12-22(15-21)30-26(33)20-9-6-5-7-10-20/h5-12,15,18-19H,13-14H2,1-4H3,(H,30,33). The molecule has 6 nitrogen and oxygen atoms in total. The second kappa shape index (κ2) is 9.23. The topological polar surface area (TPSA) is 75.2 Å². The molecule has 178 valence electrons. The Bertz CT molecular complexity index is 1430. The molecule has 0 bridgehead atoms. The molecule has 0 saturated heterocycles. The first kappa shape index (κ1) is 23.2. The lowest BCUT2D eigenvalue weighted by molar-refractivity contribution is 0.0746. The van der Waals surface area contributed by atoms with E-state index in [4.69, 9.17) is 9.97 Å². The quantitative estimate of drug-likeness (QED) is 0.350. The van der Waals surface area contributed by atoms with Gasteiger partial charge in [-0.05, 0) is 69.0 Å². The van der Waals surface area contributed by atoms with Crippen LogP contribution in [0.3, 0.4) is 0 Å². The Balaban J connectivity index is 1.37. The number of hydrogen-bond donors (Lipinski definition) is 1. The van der Waals surface area contributed by atoms with Crippen LogP contribution in [-0.2, 0) is 0 Å². The van der Waals surface area contributed by atoms with Gasteiger partial charge < -0.3 is 10.2 Å². The summed E-state index contributed by atoms with van der Waals surface area (Å²) in [6.07, 6.45) is 2.29. The van der Waals surface area contributed by atoms with Crippen molar-refractivity contribution >= 4 is 39.1 Å². The summed E-state index contributed by atoms with van der Waals surface area (Å²) >= 11 is 1.46. The van der Waals surface area contributed by atoms with Crippen molar-refractivity contribution in [1.29, 1.82) is 0 Å². The number of nitrogens with one attached hydrogen (secondary N) is 1. The van der Waals surface area contributed by atoms with E-state index in [1.165, 1.54) is 11.3 Å². The zero-order valence-corrected chi connectivity index (χ0v) is 21.1. The third kappa shape index (κ3) is 4.56. The van der Waals surface area contributed by atoms with Crippen LogP contribution in [0.5, 0.6) is 0 Å². The Morgan fingerprint density at radius 3 is 2.51 bits per heavy atom. The molecule has 1 atom stereocenters.